The Balaban J connectivity index is 2.20. The van der Waals surface area contributed by atoms with Crippen LogP contribution in [0.1, 0.15) is 48.9 Å². The van der Waals surface area contributed by atoms with Gasteiger partial charge < -0.3 is 5.11 Å². The number of hydrogen-bond acceptors (Lipinski definition) is 2. The molecule has 0 amide bonds. The van der Waals surface area contributed by atoms with Gasteiger partial charge in [0.25, 0.3) is 0 Å². The molecule has 0 aliphatic heterocycles. The zero-order chi connectivity index (χ0) is 13.4. The zero-order valence-electron chi connectivity index (χ0n) is 10.2. The second kappa shape index (κ2) is 8.24. The van der Waals surface area contributed by atoms with Crippen LogP contribution >= 0.6 is 22.6 Å². The number of unbranched alkanes of at least 4 members (excludes halogenated alkanes) is 3. The number of Topliss-reactive ketones (excluding diaryl/α,β-unsaturated/α-hetero) is 1. The Hall–Kier alpha value is -0.910. The third kappa shape index (κ3) is 6.14. The summed E-state index contributed by atoms with van der Waals surface area (Å²) in [5.74, 6) is -0.573. The van der Waals surface area contributed by atoms with E-state index in [1.807, 2.05) is 24.3 Å². The Morgan fingerprint density at radius 1 is 1.06 bits per heavy atom. The van der Waals surface area contributed by atoms with Gasteiger partial charge >= 0.3 is 5.97 Å². The van der Waals surface area contributed by atoms with Crippen LogP contribution in [-0.2, 0) is 4.79 Å². The van der Waals surface area contributed by atoms with Gasteiger partial charge in [-0.2, -0.15) is 0 Å². The number of carboxylic acids is 1. The molecule has 0 saturated heterocycles. The second-order valence-corrected chi connectivity index (χ2v) is 5.49. The average molecular weight is 360 g/mol. The van der Waals surface area contributed by atoms with Crippen LogP contribution in [0.4, 0.5) is 0 Å². The number of carbonyl (C=O) groups is 2. The van der Waals surface area contributed by atoms with Gasteiger partial charge in [-0.05, 0) is 47.6 Å². The van der Waals surface area contributed by atoms with Crippen molar-refractivity contribution < 1.29 is 14.7 Å². The summed E-state index contributed by atoms with van der Waals surface area (Å²) in [5, 5.41) is 8.48. The second-order valence-electron chi connectivity index (χ2n) is 4.24. The SMILES string of the molecule is O=C(O)CCCCCCC(=O)c1cccc(I)c1. The van der Waals surface area contributed by atoms with Crippen molar-refractivity contribution in [2.75, 3.05) is 0 Å². The number of rotatable bonds is 8. The van der Waals surface area contributed by atoms with Crippen LogP contribution in [0.5, 0.6) is 0 Å². The summed E-state index contributed by atoms with van der Waals surface area (Å²) in [4.78, 5) is 22.1. The van der Waals surface area contributed by atoms with Gasteiger partial charge in [-0.3, -0.25) is 9.59 Å². The van der Waals surface area contributed by atoms with Crippen LogP contribution in [0.3, 0.4) is 0 Å². The maximum atomic E-state index is 11.8. The van der Waals surface area contributed by atoms with Crippen LogP contribution in [-0.4, -0.2) is 16.9 Å². The summed E-state index contributed by atoms with van der Waals surface area (Å²) in [5.41, 5.74) is 0.771. The molecule has 1 aromatic carbocycles. The summed E-state index contributed by atoms with van der Waals surface area (Å²) in [6.45, 7) is 0. The molecular formula is C14H17IO3. The molecule has 0 saturated carbocycles. The van der Waals surface area contributed by atoms with Crippen molar-refractivity contribution in [3.63, 3.8) is 0 Å². The van der Waals surface area contributed by atoms with Crippen LogP contribution in [0.25, 0.3) is 0 Å². The van der Waals surface area contributed by atoms with Crippen molar-refractivity contribution in [3.05, 3.63) is 33.4 Å². The van der Waals surface area contributed by atoms with E-state index in [1.165, 1.54) is 0 Å². The van der Waals surface area contributed by atoms with Gasteiger partial charge in [-0.1, -0.05) is 25.0 Å². The number of aliphatic carboxylic acids is 1. The summed E-state index contributed by atoms with van der Waals surface area (Å²) in [6, 6.07) is 7.59. The lowest BCUT2D eigenvalue weighted by molar-refractivity contribution is -0.137. The highest BCUT2D eigenvalue weighted by Gasteiger charge is 2.05. The number of carbonyl (C=O) groups excluding carboxylic acids is 1. The molecule has 0 heterocycles. The summed E-state index contributed by atoms with van der Waals surface area (Å²) in [6.07, 6.45) is 4.11. The summed E-state index contributed by atoms with van der Waals surface area (Å²) in [7, 11) is 0. The van der Waals surface area contributed by atoms with Crippen molar-refractivity contribution in [1.82, 2.24) is 0 Å². The molecule has 0 aliphatic rings. The molecule has 3 nitrogen and oxygen atoms in total. The normalized spacial score (nSPS) is 10.3. The first-order valence-corrected chi connectivity index (χ1v) is 7.18. The van der Waals surface area contributed by atoms with E-state index in [1.54, 1.807) is 0 Å². The first kappa shape index (κ1) is 15.1. The van der Waals surface area contributed by atoms with E-state index >= 15 is 0 Å². The average Bonchev–Trinajstić information content (AvgIpc) is 2.33. The van der Waals surface area contributed by atoms with E-state index in [0.717, 1.165) is 28.4 Å². The minimum atomic E-state index is -0.745. The molecule has 18 heavy (non-hydrogen) atoms. The Morgan fingerprint density at radius 3 is 2.33 bits per heavy atom. The fourth-order valence-corrected chi connectivity index (χ4v) is 2.26. The topological polar surface area (TPSA) is 54.4 Å². The van der Waals surface area contributed by atoms with Crippen molar-refractivity contribution in [1.29, 1.82) is 0 Å². The number of benzene rings is 1. The number of ketones is 1. The summed E-state index contributed by atoms with van der Waals surface area (Å²) >= 11 is 2.19. The highest BCUT2D eigenvalue weighted by atomic mass is 127. The van der Waals surface area contributed by atoms with Crippen LogP contribution in [0.2, 0.25) is 0 Å². The van der Waals surface area contributed by atoms with Gasteiger partial charge in [-0.15, -0.1) is 0 Å². The fraction of sp³-hybridized carbons (Fsp3) is 0.429. The van der Waals surface area contributed by atoms with Crippen molar-refractivity contribution in [2.45, 2.75) is 38.5 Å². The van der Waals surface area contributed by atoms with Gasteiger partial charge in [0.2, 0.25) is 0 Å². The quantitative estimate of drug-likeness (QED) is 0.435. The summed E-state index contributed by atoms with van der Waals surface area (Å²) < 4.78 is 1.07. The minimum absolute atomic E-state index is 0.173. The molecule has 0 bridgehead atoms. The lowest BCUT2D eigenvalue weighted by atomic mass is 10.0. The Kier molecular flexibility index (Phi) is 6.93. The maximum Gasteiger partial charge on any atom is 0.303 e. The molecule has 0 aliphatic carbocycles. The van der Waals surface area contributed by atoms with E-state index in [2.05, 4.69) is 22.6 Å². The Labute approximate surface area is 121 Å². The Bertz CT molecular complexity index is 415. The molecule has 0 atom stereocenters. The molecule has 0 fully saturated rings. The molecule has 0 aromatic heterocycles. The first-order valence-electron chi connectivity index (χ1n) is 6.10. The van der Waals surface area contributed by atoms with Crippen LogP contribution < -0.4 is 0 Å². The number of carboxylic acid groups (broad SMARTS) is 1. The predicted octanol–water partition coefficient (Wildman–Crippen LogP) is 3.90. The van der Waals surface area contributed by atoms with Gasteiger partial charge in [0.1, 0.15) is 0 Å². The third-order valence-corrected chi connectivity index (χ3v) is 3.36. The molecule has 98 valence electrons. The first-order chi connectivity index (χ1) is 8.59. The Morgan fingerprint density at radius 2 is 1.72 bits per heavy atom. The van der Waals surface area contributed by atoms with Gasteiger partial charge in [-0.25, -0.2) is 0 Å². The molecule has 0 radical (unpaired) electrons. The predicted molar refractivity (Wildman–Crippen MR) is 78.8 cm³/mol. The highest BCUT2D eigenvalue weighted by Crippen LogP contribution is 2.12. The molecule has 0 unspecified atom stereocenters. The number of hydrogen-bond donors (Lipinski definition) is 1. The third-order valence-electron chi connectivity index (χ3n) is 2.69. The van der Waals surface area contributed by atoms with E-state index in [0.29, 0.717) is 12.8 Å². The van der Waals surface area contributed by atoms with Crippen molar-refractivity contribution in [3.8, 4) is 0 Å². The van der Waals surface area contributed by atoms with Gasteiger partial charge in [0.05, 0.1) is 0 Å². The van der Waals surface area contributed by atoms with E-state index in [4.69, 9.17) is 5.11 Å². The van der Waals surface area contributed by atoms with Crippen molar-refractivity contribution in [2.24, 2.45) is 0 Å². The highest BCUT2D eigenvalue weighted by molar-refractivity contribution is 14.1. The van der Waals surface area contributed by atoms with Crippen LogP contribution in [0.15, 0.2) is 24.3 Å². The molecule has 1 N–H and O–H groups in total. The molecule has 1 rings (SSSR count). The van der Waals surface area contributed by atoms with E-state index in [9.17, 15) is 9.59 Å². The van der Waals surface area contributed by atoms with Crippen molar-refractivity contribution >= 4 is 34.3 Å². The lowest BCUT2D eigenvalue weighted by Crippen LogP contribution is -1.99. The van der Waals surface area contributed by atoms with E-state index < -0.39 is 5.97 Å². The maximum absolute atomic E-state index is 11.8. The molecular weight excluding hydrogens is 343 g/mol. The molecule has 1 aromatic rings. The van der Waals surface area contributed by atoms with E-state index in [-0.39, 0.29) is 12.2 Å². The monoisotopic (exact) mass is 360 g/mol. The fourth-order valence-electron chi connectivity index (χ4n) is 1.72. The lowest BCUT2D eigenvalue weighted by Gasteiger charge is -2.02. The van der Waals surface area contributed by atoms with Crippen LogP contribution in [0, 0.1) is 3.57 Å². The zero-order valence-corrected chi connectivity index (χ0v) is 12.4. The smallest absolute Gasteiger partial charge is 0.303 e. The number of halogens is 1. The minimum Gasteiger partial charge on any atom is -0.481 e. The molecule has 0 spiro atoms. The standard InChI is InChI=1S/C14H17IO3/c15-12-7-5-6-11(10-12)13(16)8-3-1-2-4-9-14(17)18/h5-7,10H,1-4,8-9H2,(H,17,18). The molecule has 4 heteroatoms. The van der Waals surface area contributed by atoms with Gasteiger partial charge in [0.15, 0.2) is 5.78 Å². The largest absolute Gasteiger partial charge is 0.481 e. The van der Waals surface area contributed by atoms with Gasteiger partial charge in [0, 0.05) is 22.0 Å².